The standard InChI is InChI=1S/C16H9BrF2INO9S/c17-9-3-8(4-10(20)5-9)14(22)30-11-1-2-13(21(24)25)12(6-11)15(23)29-7-16(18,19)31(26,27)28/h1-6H,7H2,(H,26,27,28). The van der Waals surface area contributed by atoms with Crippen molar-refractivity contribution in [2.24, 2.45) is 0 Å². The van der Waals surface area contributed by atoms with Crippen LogP contribution in [0.4, 0.5) is 14.5 Å². The number of nitro groups is 1. The fourth-order valence-corrected chi connectivity index (χ4v) is 3.84. The molecule has 0 heterocycles. The molecule has 0 saturated carbocycles. The van der Waals surface area contributed by atoms with Gasteiger partial charge < -0.3 is 9.47 Å². The fourth-order valence-electron chi connectivity index (χ4n) is 2.04. The molecular weight excluding hydrogens is 627 g/mol. The van der Waals surface area contributed by atoms with Gasteiger partial charge in [0.25, 0.3) is 5.69 Å². The zero-order valence-corrected chi connectivity index (χ0v) is 19.3. The Labute approximate surface area is 194 Å². The Morgan fingerprint density at radius 2 is 1.84 bits per heavy atom. The van der Waals surface area contributed by atoms with Crippen molar-refractivity contribution in [3.63, 3.8) is 0 Å². The lowest BCUT2D eigenvalue weighted by Gasteiger charge is -2.13. The summed E-state index contributed by atoms with van der Waals surface area (Å²) in [6, 6.07) is 7.08. The fraction of sp³-hybridized carbons (Fsp3) is 0.125. The summed E-state index contributed by atoms with van der Waals surface area (Å²) in [5, 5.41) is 6.28. The Morgan fingerprint density at radius 1 is 1.19 bits per heavy atom. The first-order valence-electron chi connectivity index (χ1n) is 7.70. The van der Waals surface area contributed by atoms with Gasteiger partial charge in [-0.3, -0.25) is 14.7 Å². The zero-order chi connectivity index (χ0) is 23.6. The van der Waals surface area contributed by atoms with E-state index < -0.39 is 50.1 Å². The highest BCUT2D eigenvalue weighted by Gasteiger charge is 2.46. The second kappa shape index (κ2) is 9.49. The van der Waals surface area contributed by atoms with Crippen molar-refractivity contribution in [3.05, 3.63) is 65.7 Å². The van der Waals surface area contributed by atoms with E-state index in [4.69, 9.17) is 9.29 Å². The Balaban J connectivity index is 2.31. The van der Waals surface area contributed by atoms with Crippen LogP contribution in [0.15, 0.2) is 40.9 Å². The summed E-state index contributed by atoms with van der Waals surface area (Å²) < 4.78 is 66.5. The summed E-state index contributed by atoms with van der Waals surface area (Å²) in [7, 11) is -5.89. The van der Waals surface area contributed by atoms with Crippen molar-refractivity contribution in [1.29, 1.82) is 0 Å². The highest BCUT2D eigenvalue weighted by Crippen LogP contribution is 2.28. The van der Waals surface area contributed by atoms with Crippen LogP contribution < -0.4 is 4.74 Å². The molecule has 0 aliphatic rings. The number of alkyl halides is 2. The van der Waals surface area contributed by atoms with E-state index in [0.717, 1.165) is 12.1 Å². The molecule has 0 aliphatic heterocycles. The molecule has 1 N–H and O–H groups in total. The molecule has 15 heteroatoms. The summed E-state index contributed by atoms with van der Waals surface area (Å²) in [6.07, 6.45) is 0. The number of carbonyl (C=O) groups is 2. The lowest BCUT2D eigenvalue weighted by molar-refractivity contribution is -0.385. The van der Waals surface area contributed by atoms with E-state index in [1.54, 1.807) is 6.07 Å². The largest absolute Gasteiger partial charge is 0.454 e. The van der Waals surface area contributed by atoms with Gasteiger partial charge in [0.15, 0.2) is 6.61 Å². The summed E-state index contributed by atoms with van der Waals surface area (Å²) in [5.74, 6) is -2.94. The summed E-state index contributed by atoms with van der Waals surface area (Å²) in [5.41, 5.74) is -1.66. The van der Waals surface area contributed by atoms with Crippen LogP contribution in [-0.2, 0) is 14.9 Å². The Bertz CT molecular complexity index is 1150. The van der Waals surface area contributed by atoms with Gasteiger partial charge in [-0.05, 0) is 46.9 Å². The molecule has 0 amide bonds. The zero-order valence-electron chi connectivity index (χ0n) is 14.8. The molecule has 0 aromatic heterocycles. The number of carbonyl (C=O) groups excluding carboxylic acids is 2. The number of nitrogens with zero attached hydrogens (tertiary/aromatic N) is 1. The average molecular weight is 636 g/mol. The topological polar surface area (TPSA) is 150 Å². The molecule has 0 fully saturated rings. The molecule has 10 nitrogen and oxygen atoms in total. The number of esters is 2. The summed E-state index contributed by atoms with van der Waals surface area (Å²) in [4.78, 5) is 34.4. The number of hydrogen-bond donors (Lipinski definition) is 1. The van der Waals surface area contributed by atoms with Crippen LogP contribution in [0.3, 0.4) is 0 Å². The first-order chi connectivity index (χ1) is 14.2. The monoisotopic (exact) mass is 635 g/mol. The van der Waals surface area contributed by atoms with E-state index in [1.807, 2.05) is 22.6 Å². The first-order valence-corrected chi connectivity index (χ1v) is 11.0. The Hall–Kier alpha value is -2.24. The van der Waals surface area contributed by atoms with Crippen LogP contribution in [-0.4, -0.2) is 41.7 Å². The number of nitro benzene ring substituents is 1. The van der Waals surface area contributed by atoms with Gasteiger partial charge >= 0.3 is 27.3 Å². The number of benzene rings is 2. The van der Waals surface area contributed by atoms with Crippen molar-refractivity contribution in [3.8, 4) is 5.75 Å². The normalized spacial score (nSPS) is 11.6. The molecule has 0 bridgehead atoms. The smallest absolute Gasteiger partial charge is 0.402 e. The van der Waals surface area contributed by atoms with Gasteiger partial charge in [0.2, 0.25) is 0 Å². The second-order valence-electron chi connectivity index (χ2n) is 5.67. The molecule has 2 aromatic carbocycles. The van der Waals surface area contributed by atoms with E-state index >= 15 is 0 Å². The lowest BCUT2D eigenvalue weighted by atomic mass is 10.1. The van der Waals surface area contributed by atoms with Gasteiger partial charge in [0.1, 0.15) is 11.3 Å². The van der Waals surface area contributed by atoms with Crippen molar-refractivity contribution in [2.45, 2.75) is 5.25 Å². The van der Waals surface area contributed by atoms with Gasteiger partial charge in [0.05, 0.1) is 10.5 Å². The minimum Gasteiger partial charge on any atom is -0.454 e. The summed E-state index contributed by atoms with van der Waals surface area (Å²) >= 11 is 5.15. The lowest BCUT2D eigenvalue weighted by Crippen LogP contribution is -2.34. The van der Waals surface area contributed by atoms with Crippen molar-refractivity contribution < 1.29 is 45.7 Å². The van der Waals surface area contributed by atoms with Crippen molar-refractivity contribution in [2.75, 3.05) is 6.61 Å². The van der Waals surface area contributed by atoms with E-state index in [1.165, 1.54) is 12.1 Å². The maximum Gasteiger partial charge on any atom is 0.402 e. The van der Waals surface area contributed by atoms with Gasteiger partial charge in [-0.1, -0.05) is 15.9 Å². The molecule has 2 aromatic rings. The number of halogens is 4. The summed E-state index contributed by atoms with van der Waals surface area (Å²) in [6.45, 7) is -2.09. The minimum absolute atomic E-state index is 0.106. The van der Waals surface area contributed by atoms with Crippen LogP contribution in [0.2, 0.25) is 0 Å². The van der Waals surface area contributed by atoms with Crippen LogP contribution in [0.5, 0.6) is 5.75 Å². The van der Waals surface area contributed by atoms with Gasteiger partial charge in [0, 0.05) is 20.2 Å². The molecule has 0 atom stereocenters. The first kappa shape index (κ1) is 25.0. The molecule has 0 unspecified atom stereocenters. The van der Waals surface area contributed by atoms with Crippen LogP contribution in [0.25, 0.3) is 0 Å². The van der Waals surface area contributed by atoms with Crippen LogP contribution in [0, 0.1) is 13.7 Å². The van der Waals surface area contributed by atoms with Crippen molar-refractivity contribution in [1.82, 2.24) is 0 Å². The Kier molecular flexibility index (Phi) is 7.66. The SMILES string of the molecule is O=C(Oc1ccc([N+](=O)[O-])c(C(=O)OCC(F)(F)S(=O)(=O)O)c1)c1cc(Br)cc(I)c1. The maximum atomic E-state index is 13.2. The van der Waals surface area contributed by atoms with Gasteiger partial charge in [-0.2, -0.15) is 17.2 Å². The molecule has 0 radical (unpaired) electrons. The number of ether oxygens (including phenoxy) is 2. The van der Waals surface area contributed by atoms with Crippen LogP contribution in [0.1, 0.15) is 20.7 Å². The van der Waals surface area contributed by atoms with Gasteiger partial charge in [-0.25, -0.2) is 9.59 Å². The van der Waals surface area contributed by atoms with E-state index in [9.17, 15) is 36.9 Å². The highest BCUT2D eigenvalue weighted by molar-refractivity contribution is 14.1. The molecule has 31 heavy (non-hydrogen) atoms. The molecular formula is C16H9BrF2INO9S. The number of rotatable bonds is 7. The number of hydrogen-bond acceptors (Lipinski definition) is 8. The third-order valence-electron chi connectivity index (χ3n) is 3.44. The predicted molar refractivity (Wildman–Crippen MR) is 112 cm³/mol. The quantitative estimate of drug-likeness (QED) is 0.120. The predicted octanol–water partition coefficient (Wildman–Crippen LogP) is 3.82. The average Bonchev–Trinajstić information content (AvgIpc) is 2.64. The maximum absolute atomic E-state index is 13.2. The van der Waals surface area contributed by atoms with E-state index in [-0.39, 0.29) is 11.3 Å². The van der Waals surface area contributed by atoms with Crippen LogP contribution >= 0.6 is 38.5 Å². The van der Waals surface area contributed by atoms with Crippen molar-refractivity contribution >= 4 is 66.3 Å². The van der Waals surface area contributed by atoms with E-state index in [2.05, 4.69) is 20.7 Å². The van der Waals surface area contributed by atoms with Gasteiger partial charge in [-0.15, -0.1) is 0 Å². The molecule has 2 rings (SSSR count). The molecule has 166 valence electrons. The molecule has 0 spiro atoms. The third kappa shape index (κ3) is 6.37. The van der Waals surface area contributed by atoms with E-state index in [0.29, 0.717) is 14.1 Å². The highest BCUT2D eigenvalue weighted by atomic mass is 127. The molecule has 0 aliphatic carbocycles. The minimum atomic E-state index is -5.89. The molecule has 0 saturated heterocycles. The Morgan fingerprint density at radius 3 is 2.39 bits per heavy atom. The third-order valence-corrected chi connectivity index (χ3v) is 5.40. The second-order valence-corrected chi connectivity index (χ2v) is 9.38.